The molecule has 1 heterocycles. The summed E-state index contributed by atoms with van der Waals surface area (Å²) in [7, 11) is 1.56. The molecule has 3 rings (SSSR count). The van der Waals surface area contributed by atoms with E-state index in [0.717, 1.165) is 18.2 Å². The van der Waals surface area contributed by atoms with Crippen molar-refractivity contribution < 1.29 is 27.4 Å². The number of anilines is 1. The molecular weight excluding hydrogens is 335 g/mol. The topological polar surface area (TPSA) is 42.1 Å². The number of halogens is 3. The highest BCUT2D eigenvalue weighted by atomic mass is 19.4. The van der Waals surface area contributed by atoms with Gasteiger partial charge in [0.1, 0.15) is 18.5 Å². The van der Waals surface area contributed by atoms with E-state index in [9.17, 15) is 18.0 Å². The first-order valence-corrected chi connectivity index (χ1v) is 7.65. The van der Waals surface area contributed by atoms with Crippen molar-refractivity contribution in [1.82, 2.24) is 0 Å². The summed E-state index contributed by atoms with van der Waals surface area (Å²) in [5.74, 6) is -0.551. The molecule has 1 amide bonds. The molecule has 1 atom stereocenters. The molecule has 2 aromatic rings. The largest absolute Gasteiger partial charge is 0.490 e. The molecule has 1 unspecified atom stereocenters. The van der Waals surface area contributed by atoms with Crippen LogP contribution in [0.3, 0.4) is 0 Å². The molecule has 1 fully saturated rings. The molecule has 1 aliphatic rings. The number of nitrogens with zero attached hydrogens (tertiary/aromatic N) is 1. The Morgan fingerprint density at radius 3 is 2.52 bits per heavy atom. The second-order valence-electron chi connectivity index (χ2n) is 5.67. The summed E-state index contributed by atoms with van der Waals surface area (Å²) in [5, 5.41) is 0. The molecule has 0 aromatic heterocycles. The van der Waals surface area contributed by atoms with Gasteiger partial charge < -0.3 is 14.4 Å². The predicted octanol–water partition coefficient (Wildman–Crippen LogP) is 3.76. The highest BCUT2D eigenvalue weighted by molar-refractivity contribution is 6.07. The normalized spacial score (nSPS) is 16.4. The number of rotatable bonds is 5. The summed E-state index contributed by atoms with van der Waals surface area (Å²) in [6.45, 7) is 0.614. The minimum Gasteiger partial charge on any atom is -0.490 e. The molecule has 2 aromatic carbocycles. The Bertz CT molecular complexity index is 758. The van der Waals surface area contributed by atoms with Gasteiger partial charge in [-0.25, -0.2) is 0 Å². The first kappa shape index (κ1) is 17.3. The van der Waals surface area contributed by atoms with E-state index in [1.165, 1.54) is 4.90 Å². The number of carbonyl (C=O) groups excluding carboxylic acids is 1. The summed E-state index contributed by atoms with van der Waals surface area (Å²) in [4.78, 5) is 14.1. The van der Waals surface area contributed by atoms with E-state index in [4.69, 9.17) is 9.47 Å². The number of carbonyl (C=O) groups is 1. The fraction of sp³-hybridized carbons (Fsp3) is 0.278. The van der Waals surface area contributed by atoms with E-state index in [2.05, 4.69) is 0 Å². The van der Waals surface area contributed by atoms with E-state index in [1.807, 2.05) is 6.07 Å². The number of epoxide rings is 1. The SMILES string of the molecule is CN(C(=O)c1ccc(C(F)(F)F)cc1OCC1CO1)c1ccccc1. The number of hydrogen-bond acceptors (Lipinski definition) is 3. The first-order chi connectivity index (χ1) is 11.9. The van der Waals surface area contributed by atoms with Crippen molar-refractivity contribution in [3.8, 4) is 5.75 Å². The van der Waals surface area contributed by atoms with Crippen LogP contribution in [0.2, 0.25) is 0 Å². The van der Waals surface area contributed by atoms with Crippen molar-refractivity contribution in [3.63, 3.8) is 0 Å². The van der Waals surface area contributed by atoms with Gasteiger partial charge in [-0.1, -0.05) is 18.2 Å². The Kier molecular flexibility index (Phi) is 4.67. The van der Waals surface area contributed by atoms with Crippen molar-refractivity contribution in [3.05, 3.63) is 59.7 Å². The number of ether oxygens (including phenoxy) is 2. The van der Waals surface area contributed by atoms with Gasteiger partial charge in [0, 0.05) is 12.7 Å². The Balaban J connectivity index is 1.91. The summed E-state index contributed by atoms with van der Waals surface area (Å²) in [6, 6.07) is 11.7. The molecule has 0 bridgehead atoms. The fourth-order valence-electron chi connectivity index (χ4n) is 2.29. The van der Waals surface area contributed by atoms with Gasteiger partial charge in [-0.05, 0) is 30.3 Å². The van der Waals surface area contributed by atoms with E-state index in [1.54, 1.807) is 31.3 Å². The average molecular weight is 351 g/mol. The van der Waals surface area contributed by atoms with E-state index in [0.29, 0.717) is 12.3 Å². The minimum absolute atomic E-state index is 0.0694. The van der Waals surface area contributed by atoms with Crippen LogP contribution in [0.5, 0.6) is 5.75 Å². The molecule has 0 spiro atoms. The van der Waals surface area contributed by atoms with Gasteiger partial charge >= 0.3 is 6.18 Å². The number of amides is 1. The van der Waals surface area contributed by atoms with Crippen LogP contribution in [0.1, 0.15) is 15.9 Å². The zero-order chi connectivity index (χ0) is 18.0. The van der Waals surface area contributed by atoms with Crippen LogP contribution >= 0.6 is 0 Å². The van der Waals surface area contributed by atoms with Gasteiger partial charge in [-0.3, -0.25) is 4.79 Å². The third kappa shape index (κ3) is 4.11. The molecule has 0 radical (unpaired) electrons. The Labute approximate surface area is 142 Å². The lowest BCUT2D eigenvalue weighted by molar-refractivity contribution is -0.137. The molecule has 7 heteroatoms. The molecule has 0 N–H and O–H groups in total. The van der Waals surface area contributed by atoms with Crippen LogP contribution in [-0.2, 0) is 10.9 Å². The number of hydrogen-bond donors (Lipinski definition) is 0. The van der Waals surface area contributed by atoms with Crippen molar-refractivity contribution in [1.29, 1.82) is 0 Å². The molecule has 0 saturated carbocycles. The maximum atomic E-state index is 13.0. The fourth-order valence-corrected chi connectivity index (χ4v) is 2.29. The van der Waals surface area contributed by atoms with Crippen molar-refractivity contribution in [2.45, 2.75) is 12.3 Å². The lowest BCUT2D eigenvalue weighted by Gasteiger charge is -2.20. The maximum Gasteiger partial charge on any atom is 0.416 e. The predicted molar refractivity (Wildman–Crippen MR) is 85.9 cm³/mol. The van der Waals surface area contributed by atoms with Crippen LogP contribution in [0, 0.1) is 0 Å². The third-order valence-corrected chi connectivity index (χ3v) is 3.81. The zero-order valence-corrected chi connectivity index (χ0v) is 13.4. The standard InChI is InChI=1S/C18H16F3NO3/c1-22(13-5-3-2-4-6-13)17(23)15-8-7-12(18(19,20)21)9-16(15)25-11-14-10-24-14/h2-9,14H,10-11H2,1H3. The van der Waals surface area contributed by atoms with Gasteiger partial charge in [0.2, 0.25) is 0 Å². The average Bonchev–Trinajstić information content (AvgIpc) is 3.43. The van der Waals surface area contributed by atoms with Crippen LogP contribution in [-0.4, -0.2) is 32.3 Å². The van der Waals surface area contributed by atoms with Crippen molar-refractivity contribution >= 4 is 11.6 Å². The molecular formula is C18H16F3NO3. The Morgan fingerprint density at radius 1 is 1.24 bits per heavy atom. The van der Waals surface area contributed by atoms with E-state index in [-0.39, 0.29) is 24.0 Å². The molecule has 1 saturated heterocycles. The molecule has 132 valence electrons. The Hall–Kier alpha value is -2.54. The first-order valence-electron chi connectivity index (χ1n) is 7.65. The third-order valence-electron chi connectivity index (χ3n) is 3.81. The van der Waals surface area contributed by atoms with Crippen LogP contribution in [0.15, 0.2) is 48.5 Å². The second kappa shape index (κ2) is 6.76. The summed E-state index contributed by atoms with van der Waals surface area (Å²) < 4.78 is 49.3. The summed E-state index contributed by atoms with van der Waals surface area (Å²) >= 11 is 0. The van der Waals surface area contributed by atoms with E-state index < -0.39 is 17.6 Å². The molecule has 1 aliphatic heterocycles. The van der Waals surface area contributed by atoms with Gasteiger partial charge in [-0.15, -0.1) is 0 Å². The highest BCUT2D eigenvalue weighted by Gasteiger charge is 2.33. The number of alkyl halides is 3. The molecule has 4 nitrogen and oxygen atoms in total. The lowest BCUT2D eigenvalue weighted by Crippen LogP contribution is -2.27. The van der Waals surface area contributed by atoms with Gasteiger partial charge in [0.05, 0.1) is 17.7 Å². The van der Waals surface area contributed by atoms with Gasteiger partial charge in [0.15, 0.2) is 0 Å². The minimum atomic E-state index is -4.51. The van der Waals surface area contributed by atoms with Crippen LogP contribution in [0.25, 0.3) is 0 Å². The molecule has 25 heavy (non-hydrogen) atoms. The monoisotopic (exact) mass is 351 g/mol. The highest BCUT2D eigenvalue weighted by Crippen LogP contribution is 2.34. The summed E-state index contributed by atoms with van der Waals surface area (Å²) in [5.41, 5.74) is -0.165. The van der Waals surface area contributed by atoms with Crippen molar-refractivity contribution in [2.75, 3.05) is 25.2 Å². The van der Waals surface area contributed by atoms with Crippen molar-refractivity contribution in [2.24, 2.45) is 0 Å². The second-order valence-corrected chi connectivity index (χ2v) is 5.67. The lowest BCUT2D eigenvalue weighted by atomic mass is 10.1. The summed E-state index contributed by atoms with van der Waals surface area (Å²) in [6.07, 6.45) is -4.65. The smallest absolute Gasteiger partial charge is 0.416 e. The molecule has 0 aliphatic carbocycles. The number of para-hydroxylation sites is 1. The van der Waals surface area contributed by atoms with E-state index >= 15 is 0 Å². The Morgan fingerprint density at radius 2 is 1.92 bits per heavy atom. The van der Waals surface area contributed by atoms with Gasteiger partial charge in [0.25, 0.3) is 5.91 Å². The zero-order valence-electron chi connectivity index (χ0n) is 13.4. The quantitative estimate of drug-likeness (QED) is 0.771. The van der Waals surface area contributed by atoms with Crippen LogP contribution < -0.4 is 9.64 Å². The maximum absolute atomic E-state index is 13.0. The van der Waals surface area contributed by atoms with Crippen LogP contribution in [0.4, 0.5) is 18.9 Å². The number of benzene rings is 2. The van der Waals surface area contributed by atoms with Gasteiger partial charge in [-0.2, -0.15) is 13.2 Å².